The van der Waals surface area contributed by atoms with Gasteiger partial charge in [-0.05, 0) is 18.4 Å². The second-order valence-electron chi connectivity index (χ2n) is 5.45. The van der Waals surface area contributed by atoms with E-state index in [0.29, 0.717) is 5.13 Å². The van der Waals surface area contributed by atoms with Crippen LogP contribution in [0.4, 0.5) is 5.13 Å². The van der Waals surface area contributed by atoms with Crippen molar-refractivity contribution in [1.29, 1.82) is 0 Å². The van der Waals surface area contributed by atoms with E-state index in [1.807, 2.05) is 23.1 Å². The van der Waals surface area contributed by atoms with E-state index in [4.69, 9.17) is 0 Å². The van der Waals surface area contributed by atoms with Crippen molar-refractivity contribution in [2.24, 2.45) is 0 Å². The molecule has 0 spiro atoms. The molecule has 2 heterocycles. The van der Waals surface area contributed by atoms with Gasteiger partial charge in [-0.3, -0.25) is 9.59 Å². The standard InChI is InChI=1S/C16H18N4O2S/c21-14(18-16-19-17-11-23-16)8-9-15(22)20-10-4-7-13(20)12-5-2-1-3-6-12/h1-3,5-6,11,13H,4,7-10H2,(H,18,19,21). The lowest BCUT2D eigenvalue weighted by Gasteiger charge is -2.25. The summed E-state index contributed by atoms with van der Waals surface area (Å²) >= 11 is 1.26. The molecule has 0 bridgehead atoms. The first-order valence-electron chi connectivity index (χ1n) is 7.64. The van der Waals surface area contributed by atoms with Crippen LogP contribution in [0.5, 0.6) is 0 Å². The molecule has 1 unspecified atom stereocenters. The first kappa shape index (κ1) is 15.6. The van der Waals surface area contributed by atoms with E-state index in [0.717, 1.165) is 24.9 Å². The predicted octanol–water partition coefficient (Wildman–Crippen LogP) is 2.62. The van der Waals surface area contributed by atoms with E-state index in [1.165, 1.54) is 11.3 Å². The van der Waals surface area contributed by atoms with E-state index >= 15 is 0 Å². The quantitative estimate of drug-likeness (QED) is 0.914. The molecule has 1 aromatic carbocycles. The highest BCUT2D eigenvalue weighted by molar-refractivity contribution is 7.13. The number of hydrogen-bond acceptors (Lipinski definition) is 5. The molecule has 23 heavy (non-hydrogen) atoms. The summed E-state index contributed by atoms with van der Waals surface area (Å²) in [4.78, 5) is 26.2. The molecule has 3 rings (SSSR count). The molecule has 6 nitrogen and oxygen atoms in total. The Morgan fingerprint density at radius 1 is 1.26 bits per heavy atom. The summed E-state index contributed by atoms with van der Waals surface area (Å²) in [7, 11) is 0. The topological polar surface area (TPSA) is 75.2 Å². The molecule has 120 valence electrons. The number of benzene rings is 1. The van der Waals surface area contributed by atoms with Gasteiger partial charge in [-0.1, -0.05) is 41.7 Å². The lowest BCUT2D eigenvalue weighted by molar-refractivity contribution is -0.133. The summed E-state index contributed by atoms with van der Waals surface area (Å²) in [6.07, 6.45) is 2.36. The zero-order valence-electron chi connectivity index (χ0n) is 12.6. The van der Waals surface area contributed by atoms with Crippen LogP contribution in [0, 0.1) is 0 Å². The van der Waals surface area contributed by atoms with Crippen molar-refractivity contribution in [3.8, 4) is 0 Å². The highest BCUT2D eigenvalue weighted by Gasteiger charge is 2.29. The fraction of sp³-hybridized carbons (Fsp3) is 0.375. The van der Waals surface area contributed by atoms with Crippen LogP contribution < -0.4 is 5.32 Å². The molecule has 0 radical (unpaired) electrons. The number of aromatic nitrogens is 2. The number of anilines is 1. The van der Waals surface area contributed by atoms with Crippen molar-refractivity contribution in [1.82, 2.24) is 15.1 Å². The van der Waals surface area contributed by atoms with Crippen LogP contribution in [0.25, 0.3) is 0 Å². The van der Waals surface area contributed by atoms with E-state index in [9.17, 15) is 9.59 Å². The summed E-state index contributed by atoms with van der Waals surface area (Å²) in [5.41, 5.74) is 2.71. The zero-order valence-corrected chi connectivity index (χ0v) is 13.5. The van der Waals surface area contributed by atoms with Crippen LogP contribution in [0.2, 0.25) is 0 Å². The first-order valence-corrected chi connectivity index (χ1v) is 8.52. The largest absolute Gasteiger partial charge is 0.336 e. The number of likely N-dealkylation sites (tertiary alicyclic amines) is 1. The molecule has 1 saturated heterocycles. The summed E-state index contributed by atoms with van der Waals surface area (Å²) in [5.74, 6) is -0.172. The Morgan fingerprint density at radius 2 is 2.09 bits per heavy atom. The van der Waals surface area contributed by atoms with Gasteiger partial charge in [0, 0.05) is 19.4 Å². The number of rotatable bonds is 5. The minimum Gasteiger partial charge on any atom is -0.336 e. The van der Waals surface area contributed by atoms with Gasteiger partial charge in [0.25, 0.3) is 0 Å². The van der Waals surface area contributed by atoms with Gasteiger partial charge in [-0.15, -0.1) is 10.2 Å². The number of carbonyl (C=O) groups is 2. The molecule has 1 aromatic heterocycles. The van der Waals surface area contributed by atoms with Gasteiger partial charge in [-0.25, -0.2) is 0 Å². The number of nitrogens with zero attached hydrogens (tertiary/aromatic N) is 3. The van der Waals surface area contributed by atoms with E-state index in [1.54, 1.807) is 5.51 Å². The SMILES string of the molecule is O=C(CCC(=O)N1CCCC1c1ccccc1)Nc1nncs1. The van der Waals surface area contributed by atoms with Crippen molar-refractivity contribution in [3.05, 3.63) is 41.4 Å². The average Bonchev–Trinajstić information content (AvgIpc) is 3.25. The minimum atomic E-state index is -0.203. The van der Waals surface area contributed by atoms with E-state index in [2.05, 4.69) is 27.6 Å². The van der Waals surface area contributed by atoms with Gasteiger partial charge in [0.1, 0.15) is 5.51 Å². The molecule has 1 atom stereocenters. The molecule has 1 aliphatic heterocycles. The van der Waals surface area contributed by atoms with Crippen molar-refractivity contribution in [2.45, 2.75) is 31.7 Å². The fourth-order valence-corrected chi connectivity index (χ4v) is 3.32. The van der Waals surface area contributed by atoms with Gasteiger partial charge < -0.3 is 10.2 Å². The summed E-state index contributed by atoms with van der Waals surface area (Å²) in [6, 6.07) is 10.2. The first-order chi connectivity index (χ1) is 11.2. The second-order valence-corrected chi connectivity index (χ2v) is 6.28. The van der Waals surface area contributed by atoms with Crippen LogP contribution in [0.15, 0.2) is 35.8 Å². The lowest BCUT2D eigenvalue weighted by Crippen LogP contribution is -2.31. The van der Waals surface area contributed by atoms with Crippen LogP contribution in [-0.4, -0.2) is 33.5 Å². The normalized spacial score (nSPS) is 17.2. The summed E-state index contributed by atoms with van der Waals surface area (Å²) in [5, 5.41) is 10.5. The number of nitrogens with one attached hydrogen (secondary N) is 1. The van der Waals surface area contributed by atoms with Gasteiger partial charge >= 0.3 is 0 Å². The monoisotopic (exact) mass is 330 g/mol. The molecule has 1 N–H and O–H groups in total. The Hall–Kier alpha value is -2.28. The van der Waals surface area contributed by atoms with Crippen LogP contribution in [0.1, 0.15) is 37.3 Å². The third-order valence-electron chi connectivity index (χ3n) is 3.93. The van der Waals surface area contributed by atoms with Gasteiger partial charge in [0.05, 0.1) is 6.04 Å². The molecule has 2 aromatic rings. The van der Waals surface area contributed by atoms with Crippen molar-refractivity contribution in [2.75, 3.05) is 11.9 Å². The van der Waals surface area contributed by atoms with Crippen LogP contribution >= 0.6 is 11.3 Å². The third-order valence-corrected chi connectivity index (χ3v) is 4.54. The molecule has 7 heteroatoms. The minimum absolute atomic E-state index is 0.0313. The Labute approximate surface area is 138 Å². The molecular formula is C16H18N4O2S. The predicted molar refractivity (Wildman–Crippen MR) is 87.9 cm³/mol. The lowest BCUT2D eigenvalue weighted by atomic mass is 10.0. The molecule has 0 saturated carbocycles. The second kappa shape index (κ2) is 7.32. The van der Waals surface area contributed by atoms with Gasteiger partial charge in [-0.2, -0.15) is 0 Å². The van der Waals surface area contributed by atoms with Gasteiger partial charge in [0.2, 0.25) is 16.9 Å². The van der Waals surface area contributed by atoms with Crippen molar-refractivity contribution in [3.63, 3.8) is 0 Å². The smallest absolute Gasteiger partial charge is 0.226 e. The van der Waals surface area contributed by atoms with Crippen molar-refractivity contribution >= 4 is 28.3 Å². The van der Waals surface area contributed by atoms with Crippen molar-refractivity contribution < 1.29 is 9.59 Å². The Morgan fingerprint density at radius 3 is 2.83 bits per heavy atom. The molecule has 1 fully saturated rings. The van der Waals surface area contributed by atoms with Crippen LogP contribution in [-0.2, 0) is 9.59 Å². The maximum atomic E-state index is 12.5. The molecule has 1 aliphatic rings. The van der Waals surface area contributed by atoms with Crippen LogP contribution in [0.3, 0.4) is 0 Å². The molecule has 0 aliphatic carbocycles. The summed E-state index contributed by atoms with van der Waals surface area (Å²) in [6.45, 7) is 0.760. The Kier molecular flexibility index (Phi) is 4.97. The summed E-state index contributed by atoms with van der Waals surface area (Å²) < 4.78 is 0. The maximum Gasteiger partial charge on any atom is 0.226 e. The Balaban J connectivity index is 1.54. The number of carbonyl (C=O) groups excluding carboxylic acids is 2. The van der Waals surface area contributed by atoms with E-state index in [-0.39, 0.29) is 30.7 Å². The highest BCUT2D eigenvalue weighted by Crippen LogP contribution is 2.32. The number of amides is 2. The zero-order chi connectivity index (χ0) is 16.1. The third kappa shape index (κ3) is 3.92. The average molecular weight is 330 g/mol. The molecule has 2 amide bonds. The van der Waals surface area contributed by atoms with E-state index < -0.39 is 0 Å². The highest BCUT2D eigenvalue weighted by atomic mass is 32.1. The Bertz CT molecular complexity index is 660. The fourth-order valence-electron chi connectivity index (χ4n) is 2.86. The van der Waals surface area contributed by atoms with Gasteiger partial charge in [0.15, 0.2) is 0 Å². The maximum absolute atomic E-state index is 12.5. The molecular weight excluding hydrogens is 312 g/mol. The number of hydrogen-bond donors (Lipinski definition) is 1.